The number of rotatable bonds is 8. The quantitative estimate of drug-likeness (QED) is 0.513. The lowest BCUT2D eigenvalue weighted by molar-refractivity contribution is -0.194. The van der Waals surface area contributed by atoms with E-state index in [-0.39, 0.29) is 24.5 Å². The van der Waals surface area contributed by atoms with Gasteiger partial charge in [-0.3, -0.25) is 14.4 Å². The molecule has 0 aromatic heterocycles. The van der Waals surface area contributed by atoms with Crippen LogP contribution >= 0.6 is 0 Å². The van der Waals surface area contributed by atoms with Crippen LogP contribution in [0.2, 0.25) is 19.6 Å². The lowest BCUT2D eigenvalue weighted by Crippen LogP contribution is -2.68. The Balaban J connectivity index is 2.50. The fraction of sp³-hybridized carbons (Fsp3) is 0.706. The second-order valence-electron chi connectivity index (χ2n) is 7.96. The summed E-state index contributed by atoms with van der Waals surface area (Å²) in [6, 6.07) is 0. The zero-order chi connectivity index (χ0) is 18.3. The first-order valence-electron chi connectivity index (χ1n) is 8.27. The van der Waals surface area contributed by atoms with E-state index >= 15 is 0 Å². The Labute approximate surface area is 143 Å². The number of carboxylic acid groups (broad SMARTS) is 2. The van der Waals surface area contributed by atoms with Crippen LogP contribution in [0.4, 0.5) is 0 Å². The van der Waals surface area contributed by atoms with Gasteiger partial charge in [0.25, 0.3) is 0 Å². The molecule has 0 aliphatic heterocycles. The van der Waals surface area contributed by atoms with Crippen molar-refractivity contribution in [2.24, 2.45) is 17.3 Å². The van der Waals surface area contributed by atoms with Gasteiger partial charge in [0.2, 0.25) is 0 Å². The maximum Gasteiger partial charge on any atom is 0.303 e. The summed E-state index contributed by atoms with van der Waals surface area (Å²) in [4.78, 5) is 35.0. The van der Waals surface area contributed by atoms with E-state index in [0.29, 0.717) is 19.3 Å². The SMILES string of the molecule is C=CC1(O[Si](C)(C)C)CC2C(=O)CCC21C(CC(=O)O)CC(=O)O. The van der Waals surface area contributed by atoms with Crippen molar-refractivity contribution in [3.63, 3.8) is 0 Å². The predicted molar refractivity (Wildman–Crippen MR) is 90.1 cm³/mol. The first-order valence-corrected chi connectivity index (χ1v) is 11.7. The van der Waals surface area contributed by atoms with Crippen molar-refractivity contribution in [3.05, 3.63) is 12.7 Å². The molecule has 6 nitrogen and oxygen atoms in total. The minimum absolute atomic E-state index is 0.0902. The molecule has 134 valence electrons. The minimum atomic E-state index is -2.02. The Morgan fingerprint density at radius 1 is 1.33 bits per heavy atom. The Hall–Kier alpha value is -1.47. The van der Waals surface area contributed by atoms with E-state index in [9.17, 15) is 24.6 Å². The molecular formula is C17H26O6Si. The minimum Gasteiger partial charge on any atom is -0.481 e. The van der Waals surface area contributed by atoms with Gasteiger partial charge in [-0.2, -0.15) is 0 Å². The van der Waals surface area contributed by atoms with Crippen LogP contribution in [0.5, 0.6) is 0 Å². The molecule has 7 heteroatoms. The van der Waals surface area contributed by atoms with Gasteiger partial charge in [0, 0.05) is 30.6 Å². The first kappa shape index (κ1) is 18.9. The summed E-state index contributed by atoms with van der Waals surface area (Å²) in [5.74, 6) is -2.98. The number of fused-ring (bicyclic) bond motifs is 1. The fourth-order valence-electron chi connectivity index (χ4n) is 4.82. The molecule has 0 bridgehead atoms. The van der Waals surface area contributed by atoms with Crippen molar-refractivity contribution >= 4 is 26.0 Å². The predicted octanol–water partition coefficient (Wildman–Crippen LogP) is 2.70. The second-order valence-corrected chi connectivity index (χ2v) is 12.4. The highest BCUT2D eigenvalue weighted by Gasteiger charge is 2.72. The number of carboxylic acids is 2. The van der Waals surface area contributed by atoms with Gasteiger partial charge >= 0.3 is 11.9 Å². The molecule has 0 aromatic rings. The number of carbonyl (C=O) groups excluding carboxylic acids is 1. The number of hydrogen-bond donors (Lipinski definition) is 2. The molecule has 24 heavy (non-hydrogen) atoms. The summed E-state index contributed by atoms with van der Waals surface area (Å²) < 4.78 is 6.40. The first-order chi connectivity index (χ1) is 11.0. The van der Waals surface area contributed by atoms with E-state index < -0.39 is 37.2 Å². The van der Waals surface area contributed by atoms with Crippen LogP contribution in [-0.2, 0) is 18.8 Å². The van der Waals surface area contributed by atoms with Gasteiger partial charge in [-0.1, -0.05) is 6.08 Å². The van der Waals surface area contributed by atoms with Gasteiger partial charge in [0.1, 0.15) is 5.78 Å². The number of Topliss-reactive ketones (excluding diaryl/α,β-unsaturated/α-hetero) is 1. The average Bonchev–Trinajstić information content (AvgIpc) is 2.66. The van der Waals surface area contributed by atoms with Crippen molar-refractivity contribution in [3.8, 4) is 0 Å². The third kappa shape index (κ3) is 2.95. The van der Waals surface area contributed by atoms with Gasteiger partial charge in [0.15, 0.2) is 8.32 Å². The van der Waals surface area contributed by atoms with E-state index in [0.717, 1.165) is 0 Å². The monoisotopic (exact) mass is 354 g/mol. The summed E-state index contributed by atoms with van der Waals surface area (Å²) in [6.07, 6.45) is 2.44. The molecule has 0 heterocycles. The standard InChI is InChI=1S/C17H26O6Si/c1-5-16(23-24(2,3)4)10-12-13(18)6-7-17(12,16)11(8-14(19)20)9-15(21)22/h5,11-12H,1,6-10H2,2-4H3,(H,19,20)(H,21,22). The number of ketones is 1. The topological polar surface area (TPSA) is 101 Å². The van der Waals surface area contributed by atoms with Crippen molar-refractivity contribution in [2.45, 2.75) is 57.3 Å². The van der Waals surface area contributed by atoms with Crippen LogP contribution in [0, 0.1) is 17.3 Å². The molecule has 0 amide bonds. The summed E-state index contributed by atoms with van der Waals surface area (Å²) in [5, 5.41) is 18.6. The largest absolute Gasteiger partial charge is 0.481 e. The molecule has 3 atom stereocenters. The molecule has 2 rings (SSSR count). The van der Waals surface area contributed by atoms with E-state index in [4.69, 9.17) is 4.43 Å². The summed E-state index contributed by atoms with van der Waals surface area (Å²) in [5.41, 5.74) is -1.56. The highest BCUT2D eigenvalue weighted by Crippen LogP contribution is 2.69. The van der Waals surface area contributed by atoms with Crippen LogP contribution in [0.25, 0.3) is 0 Å². The molecule has 2 aliphatic carbocycles. The summed E-state index contributed by atoms with van der Waals surface area (Å²) >= 11 is 0. The zero-order valence-corrected chi connectivity index (χ0v) is 15.5. The number of carbonyl (C=O) groups is 3. The van der Waals surface area contributed by atoms with E-state index in [1.807, 2.05) is 19.6 Å². The van der Waals surface area contributed by atoms with Crippen LogP contribution in [0.15, 0.2) is 12.7 Å². The molecule has 0 saturated heterocycles. The molecular weight excluding hydrogens is 328 g/mol. The third-order valence-corrected chi connectivity index (χ3v) is 6.46. The summed E-state index contributed by atoms with van der Waals surface area (Å²) in [6.45, 7) is 9.98. The maximum absolute atomic E-state index is 12.3. The molecule has 3 unspecified atom stereocenters. The van der Waals surface area contributed by atoms with E-state index in [1.165, 1.54) is 0 Å². The third-order valence-electron chi connectivity index (χ3n) is 5.48. The van der Waals surface area contributed by atoms with Gasteiger partial charge in [-0.25, -0.2) is 0 Å². The lowest BCUT2D eigenvalue weighted by atomic mass is 9.45. The lowest BCUT2D eigenvalue weighted by Gasteiger charge is -2.64. The van der Waals surface area contributed by atoms with Crippen molar-refractivity contribution in [2.75, 3.05) is 0 Å². The molecule has 2 saturated carbocycles. The Morgan fingerprint density at radius 3 is 2.25 bits per heavy atom. The molecule has 0 spiro atoms. The highest BCUT2D eigenvalue weighted by atomic mass is 28.4. The smallest absolute Gasteiger partial charge is 0.303 e. The number of hydrogen-bond acceptors (Lipinski definition) is 4. The van der Waals surface area contributed by atoms with Crippen LogP contribution < -0.4 is 0 Å². The normalized spacial score (nSPS) is 32.3. The number of aliphatic carboxylic acids is 2. The van der Waals surface area contributed by atoms with Gasteiger partial charge in [0.05, 0.1) is 5.60 Å². The molecule has 0 aromatic carbocycles. The molecule has 0 radical (unpaired) electrons. The van der Waals surface area contributed by atoms with Gasteiger partial charge in [-0.15, -0.1) is 6.58 Å². The van der Waals surface area contributed by atoms with Crippen molar-refractivity contribution in [1.82, 2.24) is 0 Å². The average molecular weight is 354 g/mol. The Morgan fingerprint density at radius 2 is 1.88 bits per heavy atom. The molecule has 2 N–H and O–H groups in total. The highest BCUT2D eigenvalue weighted by molar-refractivity contribution is 6.69. The second kappa shape index (κ2) is 6.11. The van der Waals surface area contributed by atoms with Crippen LogP contribution in [0.1, 0.15) is 32.1 Å². The van der Waals surface area contributed by atoms with Crippen molar-refractivity contribution in [1.29, 1.82) is 0 Å². The van der Waals surface area contributed by atoms with E-state index in [2.05, 4.69) is 6.58 Å². The van der Waals surface area contributed by atoms with Crippen LogP contribution in [0.3, 0.4) is 0 Å². The van der Waals surface area contributed by atoms with E-state index in [1.54, 1.807) is 6.08 Å². The van der Waals surface area contributed by atoms with Gasteiger partial charge in [-0.05, 0) is 38.4 Å². The maximum atomic E-state index is 12.3. The van der Waals surface area contributed by atoms with Gasteiger partial charge < -0.3 is 14.6 Å². The zero-order valence-electron chi connectivity index (χ0n) is 14.5. The van der Waals surface area contributed by atoms with Crippen molar-refractivity contribution < 1.29 is 29.0 Å². The molecule has 2 fully saturated rings. The van der Waals surface area contributed by atoms with Crippen LogP contribution in [-0.4, -0.2) is 41.9 Å². The fourth-order valence-corrected chi connectivity index (χ4v) is 6.27. The Bertz CT molecular complexity index is 564. The Kier molecular flexibility index (Phi) is 4.80. The summed E-state index contributed by atoms with van der Waals surface area (Å²) in [7, 11) is -2.02. The molecule has 2 aliphatic rings.